The quantitative estimate of drug-likeness (QED) is 0.701. The summed E-state index contributed by atoms with van der Waals surface area (Å²) in [5.41, 5.74) is 6.11. The second-order valence-electron chi connectivity index (χ2n) is 6.37. The normalized spacial score (nSPS) is 11.0. The molecule has 0 spiro atoms. The Morgan fingerprint density at radius 2 is 1.71 bits per heavy atom. The van der Waals surface area contributed by atoms with Crippen molar-refractivity contribution in [1.82, 2.24) is 9.78 Å². The summed E-state index contributed by atoms with van der Waals surface area (Å²) in [6, 6.07) is 16.3. The highest BCUT2D eigenvalue weighted by Crippen LogP contribution is 2.33. The Morgan fingerprint density at radius 3 is 2.38 bits per heavy atom. The highest BCUT2D eigenvalue weighted by molar-refractivity contribution is 5.67. The summed E-state index contributed by atoms with van der Waals surface area (Å²) in [5.74, 6) is 0.255. The molecule has 0 aliphatic heterocycles. The van der Waals surface area contributed by atoms with Gasteiger partial charge >= 0.3 is 0 Å². The van der Waals surface area contributed by atoms with E-state index in [1.807, 2.05) is 37.3 Å². The number of hydrogen-bond acceptors (Lipinski definition) is 2. The van der Waals surface area contributed by atoms with Gasteiger partial charge in [-0.15, -0.1) is 0 Å². The zero-order valence-electron chi connectivity index (χ0n) is 14.6. The van der Waals surface area contributed by atoms with Gasteiger partial charge in [-0.05, 0) is 50.5 Å². The van der Waals surface area contributed by atoms with E-state index in [1.54, 1.807) is 4.68 Å². The Balaban J connectivity index is 2.15. The molecule has 1 heterocycles. The first-order chi connectivity index (χ1) is 11.6. The van der Waals surface area contributed by atoms with Crippen LogP contribution in [0.2, 0.25) is 0 Å². The molecular weight excluding hydrogens is 296 g/mol. The first-order valence-electron chi connectivity index (χ1n) is 8.55. The number of aromatic nitrogens is 2. The molecule has 0 unspecified atom stereocenters. The van der Waals surface area contributed by atoms with Crippen LogP contribution < -0.4 is 0 Å². The van der Waals surface area contributed by atoms with E-state index in [-0.39, 0.29) is 5.88 Å². The Morgan fingerprint density at radius 1 is 1.00 bits per heavy atom. The van der Waals surface area contributed by atoms with Crippen LogP contribution in [0.1, 0.15) is 36.5 Å². The van der Waals surface area contributed by atoms with Gasteiger partial charge in [-0.25, -0.2) is 4.68 Å². The molecule has 0 fully saturated rings. The Hall–Kier alpha value is -2.55. The van der Waals surface area contributed by atoms with Crippen molar-refractivity contribution < 1.29 is 5.11 Å². The Kier molecular flexibility index (Phi) is 4.70. The number of aryl methyl sites for hydroxylation is 2. The highest BCUT2D eigenvalue weighted by atomic mass is 16.3. The molecule has 1 aromatic heterocycles. The molecule has 2 aromatic carbocycles. The van der Waals surface area contributed by atoms with Crippen molar-refractivity contribution in [3.8, 4) is 22.8 Å². The van der Waals surface area contributed by atoms with Crippen LogP contribution in [-0.2, 0) is 6.42 Å². The first kappa shape index (κ1) is 16.3. The summed E-state index contributed by atoms with van der Waals surface area (Å²) in [7, 11) is 0. The minimum absolute atomic E-state index is 0.255. The van der Waals surface area contributed by atoms with Crippen LogP contribution in [0.5, 0.6) is 5.88 Å². The van der Waals surface area contributed by atoms with Crippen LogP contribution in [-0.4, -0.2) is 14.9 Å². The molecule has 0 saturated carbocycles. The smallest absolute Gasteiger partial charge is 0.218 e. The van der Waals surface area contributed by atoms with Gasteiger partial charge in [0.25, 0.3) is 0 Å². The van der Waals surface area contributed by atoms with Gasteiger partial charge in [0.2, 0.25) is 5.88 Å². The zero-order valence-corrected chi connectivity index (χ0v) is 14.6. The van der Waals surface area contributed by atoms with Gasteiger partial charge in [-0.1, -0.05) is 49.2 Å². The van der Waals surface area contributed by atoms with Crippen LogP contribution in [0.4, 0.5) is 0 Å². The topological polar surface area (TPSA) is 38.0 Å². The molecule has 0 aliphatic carbocycles. The van der Waals surface area contributed by atoms with Crippen LogP contribution >= 0.6 is 0 Å². The number of unbranched alkanes of at least 4 members (excludes halogenated alkanes) is 1. The molecule has 0 aliphatic rings. The maximum atomic E-state index is 10.8. The number of benzene rings is 2. The van der Waals surface area contributed by atoms with Crippen molar-refractivity contribution in [2.75, 3.05) is 0 Å². The van der Waals surface area contributed by atoms with Gasteiger partial charge in [0, 0.05) is 11.1 Å². The summed E-state index contributed by atoms with van der Waals surface area (Å²) in [6.07, 6.45) is 2.95. The van der Waals surface area contributed by atoms with E-state index in [4.69, 9.17) is 5.10 Å². The largest absolute Gasteiger partial charge is 0.493 e. The van der Waals surface area contributed by atoms with E-state index in [2.05, 4.69) is 32.0 Å². The lowest BCUT2D eigenvalue weighted by molar-refractivity contribution is 0.427. The Bertz CT molecular complexity index is 849. The van der Waals surface area contributed by atoms with E-state index in [1.165, 1.54) is 5.56 Å². The minimum Gasteiger partial charge on any atom is -0.493 e. The van der Waals surface area contributed by atoms with Crippen molar-refractivity contribution in [2.24, 2.45) is 0 Å². The number of rotatable bonds is 5. The predicted octanol–water partition coefficient (Wildman–Crippen LogP) is 5.20. The first-order valence-corrected chi connectivity index (χ1v) is 8.55. The van der Waals surface area contributed by atoms with Crippen molar-refractivity contribution in [1.29, 1.82) is 0 Å². The van der Waals surface area contributed by atoms with Crippen LogP contribution in [0.3, 0.4) is 0 Å². The second kappa shape index (κ2) is 6.91. The molecule has 3 rings (SSSR count). The summed E-state index contributed by atoms with van der Waals surface area (Å²) in [4.78, 5) is 0. The lowest BCUT2D eigenvalue weighted by Gasteiger charge is -2.04. The molecule has 0 atom stereocenters. The van der Waals surface area contributed by atoms with E-state index in [9.17, 15) is 5.11 Å². The maximum Gasteiger partial charge on any atom is 0.218 e. The summed E-state index contributed by atoms with van der Waals surface area (Å²) in [6.45, 7) is 6.28. The van der Waals surface area contributed by atoms with E-state index in [0.29, 0.717) is 0 Å². The molecule has 0 saturated heterocycles. The van der Waals surface area contributed by atoms with Gasteiger partial charge in [0.1, 0.15) is 0 Å². The standard InChI is InChI=1S/C21H24N2O/c1-4-5-12-19-20(17-10-6-8-15(2)13-17)22-23(21(19)24)18-11-7-9-16(3)14-18/h6-11,13-14,24H,4-5,12H2,1-3H3. The van der Waals surface area contributed by atoms with Crippen molar-refractivity contribution in [3.05, 3.63) is 65.2 Å². The fourth-order valence-corrected chi connectivity index (χ4v) is 2.99. The van der Waals surface area contributed by atoms with E-state index >= 15 is 0 Å². The van der Waals surface area contributed by atoms with Gasteiger partial charge in [0.05, 0.1) is 11.4 Å². The van der Waals surface area contributed by atoms with E-state index in [0.717, 1.165) is 47.3 Å². The third kappa shape index (κ3) is 3.21. The fourth-order valence-electron chi connectivity index (χ4n) is 2.99. The molecular formula is C21H24N2O. The maximum absolute atomic E-state index is 10.8. The average molecular weight is 320 g/mol. The molecule has 124 valence electrons. The monoisotopic (exact) mass is 320 g/mol. The molecule has 3 heteroatoms. The molecule has 0 bridgehead atoms. The summed E-state index contributed by atoms with van der Waals surface area (Å²) < 4.78 is 1.66. The lowest BCUT2D eigenvalue weighted by Crippen LogP contribution is -1.96. The molecule has 0 amide bonds. The van der Waals surface area contributed by atoms with Gasteiger partial charge in [-0.2, -0.15) is 5.10 Å². The van der Waals surface area contributed by atoms with Gasteiger partial charge in [-0.3, -0.25) is 0 Å². The zero-order chi connectivity index (χ0) is 17.1. The molecule has 3 nitrogen and oxygen atoms in total. The Labute approximate surface area is 143 Å². The predicted molar refractivity (Wildman–Crippen MR) is 98.8 cm³/mol. The van der Waals surface area contributed by atoms with E-state index < -0.39 is 0 Å². The van der Waals surface area contributed by atoms with Crippen molar-refractivity contribution >= 4 is 0 Å². The molecule has 24 heavy (non-hydrogen) atoms. The lowest BCUT2D eigenvalue weighted by atomic mass is 10.0. The number of hydrogen-bond donors (Lipinski definition) is 1. The number of nitrogens with zero attached hydrogens (tertiary/aromatic N) is 2. The highest BCUT2D eigenvalue weighted by Gasteiger charge is 2.19. The van der Waals surface area contributed by atoms with Gasteiger partial charge in [0.15, 0.2) is 0 Å². The average Bonchev–Trinajstić information content (AvgIpc) is 2.89. The summed E-state index contributed by atoms with van der Waals surface area (Å²) in [5, 5.41) is 15.6. The molecule has 3 aromatic rings. The van der Waals surface area contributed by atoms with Crippen molar-refractivity contribution in [3.63, 3.8) is 0 Å². The van der Waals surface area contributed by atoms with Crippen LogP contribution in [0, 0.1) is 13.8 Å². The van der Waals surface area contributed by atoms with Gasteiger partial charge < -0.3 is 5.11 Å². The van der Waals surface area contributed by atoms with Crippen LogP contribution in [0.15, 0.2) is 48.5 Å². The van der Waals surface area contributed by atoms with Crippen molar-refractivity contribution in [2.45, 2.75) is 40.0 Å². The SMILES string of the molecule is CCCCc1c(-c2cccc(C)c2)nn(-c2cccc(C)c2)c1O. The second-order valence-corrected chi connectivity index (χ2v) is 6.37. The third-order valence-electron chi connectivity index (χ3n) is 4.27. The molecule has 0 radical (unpaired) electrons. The van der Waals surface area contributed by atoms with Crippen LogP contribution in [0.25, 0.3) is 16.9 Å². The third-order valence-corrected chi connectivity index (χ3v) is 4.27. The number of aromatic hydroxyl groups is 1. The minimum atomic E-state index is 0.255. The molecule has 1 N–H and O–H groups in total. The fraction of sp³-hybridized carbons (Fsp3) is 0.286. The summed E-state index contributed by atoms with van der Waals surface area (Å²) >= 11 is 0.